The molecule has 7 aromatic rings. The van der Waals surface area contributed by atoms with Gasteiger partial charge in [-0.15, -0.1) is 0 Å². The summed E-state index contributed by atoms with van der Waals surface area (Å²) in [6, 6.07) is 46.1. The normalized spacial score (nSPS) is 21.6. The maximum absolute atomic E-state index is 6.47. The summed E-state index contributed by atoms with van der Waals surface area (Å²) in [6.45, 7) is 2.45. The summed E-state index contributed by atoms with van der Waals surface area (Å²) in [6.07, 6.45) is 2.19. The first-order valence-corrected chi connectivity index (χ1v) is 14.1. The molecule has 0 bridgehead atoms. The molecule has 0 amide bonds. The van der Waals surface area contributed by atoms with E-state index >= 15 is 0 Å². The molecule has 0 saturated heterocycles. The standard InChI is InChI=1S/C37H28N2O/c1-36-24-37(36,23-25-11-5-8-16-31(25)39(36)28-12-3-2-4-13-28)26-19-21-27(22-20-26)38-32-17-9-6-14-29(32)34-30-15-7-10-18-33(30)40-35(34)38/h2-22H,23-24H2,1H3. The van der Waals surface area contributed by atoms with Crippen LogP contribution in [0.15, 0.2) is 132 Å². The number of benzene rings is 5. The Bertz CT molecular complexity index is 2080. The quantitative estimate of drug-likeness (QED) is 0.233. The number of hydrogen-bond donors (Lipinski definition) is 0. The number of fused-ring (bicyclic) bond motifs is 7. The number of anilines is 2. The first kappa shape index (κ1) is 22.1. The van der Waals surface area contributed by atoms with Gasteiger partial charge >= 0.3 is 0 Å². The first-order valence-electron chi connectivity index (χ1n) is 14.1. The summed E-state index contributed by atoms with van der Waals surface area (Å²) in [5.41, 5.74) is 9.67. The molecule has 5 aromatic carbocycles. The zero-order chi connectivity index (χ0) is 26.5. The number of hydrogen-bond acceptors (Lipinski definition) is 2. The Morgan fingerprint density at radius 3 is 2.20 bits per heavy atom. The Balaban J connectivity index is 1.19. The lowest BCUT2D eigenvalue weighted by Crippen LogP contribution is -2.42. The van der Waals surface area contributed by atoms with Gasteiger partial charge in [0, 0.05) is 33.2 Å². The highest BCUT2D eigenvalue weighted by Crippen LogP contribution is 2.68. The van der Waals surface area contributed by atoms with Crippen molar-refractivity contribution in [3.8, 4) is 5.69 Å². The third-order valence-corrected chi connectivity index (χ3v) is 9.66. The van der Waals surface area contributed by atoms with Gasteiger partial charge < -0.3 is 9.32 Å². The molecule has 40 heavy (non-hydrogen) atoms. The van der Waals surface area contributed by atoms with E-state index in [0.717, 1.165) is 29.8 Å². The molecule has 2 aliphatic rings. The lowest BCUT2D eigenvalue weighted by atomic mass is 9.80. The molecule has 2 atom stereocenters. The van der Waals surface area contributed by atoms with Gasteiger partial charge in [0.25, 0.3) is 0 Å². The molecule has 3 heteroatoms. The Hall–Kier alpha value is -4.76. The van der Waals surface area contributed by atoms with E-state index < -0.39 is 0 Å². The summed E-state index contributed by atoms with van der Waals surface area (Å²) < 4.78 is 8.75. The highest BCUT2D eigenvalue weighted by atomic mass is 16.3. The number of rotatable bonds is 3. The number of nitrogens with zero attached hydrogens (tertiary/aromatic N) is 2. The predicted octanol–water partition coefficient (Wildman–Crippen LogP) is 9.32. The van der Waals surface area contributed by atoms with E-state index in [4.69, 9.17) is 4.42 Å². The van der Waals surface area contributed by atoms with E-state index in [1.54, 1.807) is 0 Å². The maximum atomic E-state index is 6.47. The van der Waals surface area contributed by atoms with Gasteiger partial charge in [-0.25, -0.2) is 0 Å². The van der Waals surface area contributed by atoms with Crippen molar-refractivity contribution in [1.29, 1.82) is 0 Å². The van der Waals surface area contributed by atoms with E-state index in [1.165, 1.54) is 44.2 Å². The Morgan fingerprint density at radius 2 is 1.35 bits per heavy atom. The minimum atomic E-state index is 0.0242. The van der Waals surface area contributed by atoms with Crippen LogP contribution in [0, 0.1) is 0 Å². The van der Waals surface area contributed by atoms with Crippen molar-refractivity contribution in [2.45, 2.75) is 30.7 Å². The smallest absolute Gasteiger partial charge is 0.213 e. The summed E-state index contributed by atoms with van der Waals surface area (Å²) in [5.74, 6) is 0. The molecule has 3 nitrogen and oxygen atoms in total. The first-order chi connectivity index (χ1) is 19.7. The van der Waals surface area contributed by atoms with Crippen LogP contribution in [0.2, 0.25) is 0 Å². The molecule has 0 radical (unpaired) electrons. The van der Waals surface area contributed by atoms with Gasteiger partial charge in [-0.3, -0.25) is 4.57 Å². The van der Waals surface area contributed by atoms with E-state index in [-0.39, 0.29) is 11.0 Å². The molecule has 2 aromatic heterocycles. The molecule has 0 spiro atoms. The summed E-state index contributed by atoms with van der Waals surface area (Å²) in [7, 11) is 0. The van der Waals surface area contributed by atoms with Crippen LogP contribution in [0.1, 0.15) is 24.5 Å². The fourth-order valence-corrected chi connectivity index (χ4v) is 7.70. The van der Waals surface area contributed by atoms with E-state index in [0.29, 0.717) is 0 Å². The van der Waals surface area contributed by atoms with Crippen LogP contribution in [0.3, 0.4) is 0 Å². The van der Waals surface area contributed by atoms with Gasteiger partial charge in [-0.1, -0.05) is 84.9 Å². The summed E-state index contributed by atoms with van der Waals surface area (Å²) in [5, 5.41) is 3.58. The zero-order valence-electron chi connectivity index (χ0n) is 22.3. The summed E-state index contributed by atoms with van der Waals surface area (Å²) >= 11 is 0. The van der Waals surface area contributed by atoms with E-state index in [2.05, 4.69) is 138 Å². The molecule has 1 aliphatic carbocycles. The molecule has 192 valence electrons. The maximum Gasteiger partial charge on any atom is 0.213 e. The fourth-order valence-electron chi connectivity index (χ4n) is 7.70. The third kappa shape index (κ3) is 2.74. The second-order valence-electron chi connectivity index (χ2n) is 11.7. The molecular formula is C37H28N2O. The van der Waals surface area contributed by atoms with E-state index in [1.807, 2.05) is 6.07 Å². The van der Waals surface area contributed by atoms with Gasteiger partial charge in [-0.2, -0.15) is 0 Å². The fraction of sp³-hybridized carbons (Fsp3) is 0.135. The van der Waals surface area contributed by atoms with Crippen LogP contribution >= 0.6 is 0 Å². The Labute approximate surface area is 232 Å². The highest BCUT2D eigenvalue weighted by molar-refractivity contribution is 6.19. The topological polar surface area (TPSA) is 21.3 Å². The van der Waals surface area contributed by atoms with Crippen LogP contribution in [0.5, 0.6) is 0 Å². The Morgan fingerprint density at radius 1 is 0.650 bits per heavy atom. The molecule has 2 unspecified atom stereocenters. The molecule has 1 saturated carbocycles. The van der Waals surface area contributed by atoms with Crippen molar-refractivity contribution in [2.75, 3.05) is 4.90 Å². The van der Waals surface area contributed by atoms with Gasteiger partial charge in [-0.05, 0) is 73.4 Å². The molecular weight excluding hydrogens is 488 g/mol. The minimum absolute atomic E-state index is 0.0242. The van der Waals surface area contributed by atoms with Crippen LogP contribution in [0.4, 0.5) is 11.4 Å². The van der Waals surface area contributed by atoms with Crippen molar-refractivity contribution in [1.82, 2.24) is 4.57 Å². The lowest BCUT2D eigenvalue weighted by molar-refractivity contribution is 0.528. The van der Waals surface area contributed by atoms with Gasteiger partial charge in [0.05, 0.1) is 16.4 Å². The second-order valence-corrected chi connectivity index (χ2v) is 11.7. The minimum Gasteiger partial charge on any atom is -0.439 e. The predicted molar refractivity (Wildman–Crippen MR) is 164 cm³/mol. The highest BCUT2D eigenvalue weighted by Gasteiger charge is 2.70. The monoisotopic (exact) mass is 516 g/mol. The van der Waals surface area contributed by atoms with Gasteiger partial charge in [0.1, 0.15) is 5.58 Å². The number of aromatic nitrogens is 1. The van der Waals surface area contributed by atoms with Crippen molar-refractivity contribution in [2.24, 2.45) is 0 Å². The molecule has 0 N–H and O–H groups in total. The van der Waals surface area contributed by atoms with Crippen LogP contribution in [-0.4, -0.2) is 10.1 Å². The van der Waals surface area contributed by atoms with Crippen molar-refractivity contribution >= 4 is 44.3 Å². The second kappa shape index (κ2) is 7.67. The third-order valence-electron chi connectivity index (χ3n) is 9.66. The summed E-state index contributed by atoms with van der Waals surface area (Å²) in [4.78, 5) is 2.59. The molecule has 1 fully saturated rings. The number of para-hydroxylation sites is 4. The van der Waals surface area contributed by atoms with Crippen LogP contribution in [-0.2, 0) is 11.8 Å². The van der Waals surface area contributed by atoms with Crippen molar-refractivity contribution < 1.29 is 4.42 Å². The van der Waals surface area contributed by atoms with Crippen molar-refractivity contribution in [3.05, 3.63) is 139 Å². The van der Waals surface area contributed by atoms with Gasteiger partial charge in [0.2, 0.25) is 5.71 Å². The van der Waals surface area contributed by atoms with Crippen LogP contribution in [0.25, 0.3) is 38.7 Å². The molecule has 9 rings (SSSR count). The zero-order valence-corrected chi connectivity index (χ0v) is 22.3. The average molecular weight is 517 g/mol. The van der Waals surface area contributed by atoms with Crippen molar-refractivity contribution in [3.63, 3.8) is 0 Å². The molecule has 3 heterocycles. The lowest BCUT2D eigenvalue weighted by Gasteiger charge is -2.42. The molecule has 1 aliphatic heterocycles. The Kier molecular flexibility index (Phi) is 4.24. The largest absolute Gasteiger partial charge is 0.439 e. The SMILES string of the molecule is CC12CC1(c1ccc(-n3c4ccccc4c4c5ccccc5oc43)cc1)Cc1ccccc1N2c1ccccc1. The van der Waals surface area contributed by atoms with Crippen LogP contribution < -0.4 is 4.90 Å². The van der Waals surface area contributed by atoms with Gasteiger partial charge in [0.15, 0.2) is 0 Å². The number of furan rings is 1. The average Bonchev–Trinajstić information content (AvgIpc) is 3.29. The van der Waals surface area contributed by atoms with E-state index in [9.17, 15) is 0 Å².